The fraction of sp³-hybridized carbons (Fsp3) is 0.789. The van der Waals surface area contributed by atoms with E-state index in [4.69, 9.17) is 24.4 Å². The molecule has 1 aliphatic rings. The zero-order valence-corrected chi connectivity index (χ0v) is 46.8. The number of aliphatic hydroxyl groups excluding tert-OH is 2. The van der Waals surface area contributed by atoms with Gasteiger partial charge in [-0.25, -0.2) is 0 Å². The molecule has 0 spiro atoms. The van der Waals surface area contributed by atoms with Crippen LogP contribution in [0.3, 0.4) is 0 Å². The van der Waals surface area contributed by atoms with Crippen LogP contribution in [0.15, 0.2) is 36.5 Å². The molecule has 0 aromatic carbocycles. The molecule has 420 valence electrons. The molecule has 0 aromatic rings. The molecule has 1 rings (SSSR count). The summed E-state index contributed by atoms with van der Waals surface area (Å²) >= 11 is 0. The Morgan fingerprint density at radius 2 is 0.861 bits per heavy atom. The summed E-state index contributed by atoms with van der Waals surface area (Å²) in [4.78, 5) is 70.7. The average Bonchev–Trinajstić information content (AvgIpc) is 3.45. The van der Waals surface area contributed by atoms with Crippen LogP contribution in [0.25, 0.3) is 0 Å². The molecule has 4 N–H and O–H groups in total. The van der Waals surface area contributed by atoms with Crippen LogP contribution in [0.4, 0.5) is 0 Å². The number of ether oxygens (including phenoxy) is 5. The topological polar surface area (TPSA) is 229 Å². The Morgan fingerprint density at radius 3 is 1.14 bits per heavy atom. The van der Waals surface area contributed by atoms with Crippen LogP contribution in [-0.2, 0) is 52.5 Å². The second-order valence-electron chi connectivity index (χ2n) is 25.4. The Labute approximate surface area is 435 Å². The molecule has 1 heterocycles. The van der Waals surface area contributed by atoms with Gasteiger partial charge in [0.25, 0.3) is 0 Å². The molecule has 3 atom stereocenters. The number of carbonyl (C=O) groups excluding carboxylic acids is 4. The van der Waals surface area contributed by atoms with Crippen molar-refractivity contribution in [2.24, 2.45) is 50.2 Å². The molecular formula is C57H102O15. The molecule has 0 aliphatic carbocycles. The van der Waals surface area contributed by atoms with Crippen LogP contribution < -0.4 is 0 Å². The van der Waals surface area contributed by atoms with E-state index in [1.807, 2.05) is 0 Å². The van der Waals surface area contributed by atoms with Crippen molar-refractivity contribution in [1.82, 2.24) is 0 Å². The third-order valence-corrected chi connectivity index (χ3v) is 10.7. The Morgan fingerprint density at radius 1 is 0.542 bits per heavy atom. The predicted molar refractivity (Wildman–Crippen MR) is 284 cm³/mol. The molecule has 15 nitrogen and oxygen atoms in total. The number of cyclic esters (lactones) is 2. The molecule has 15 heteroatoms. The van der Waals surface area contributed by atoms with Crippen LogP contribution in [-0.4, -0.2) is 109 Å². The zero-order chi connectivity index (χ0) is 55.6. The van der Waals surface area contributed by atoms with E-state index in [1.165, 1.54) is 0 Å². The van der Waals surface area contributed by atoms with Crippen molar-refractivity contribution in [2.45, 2.75) is 188 Å². The summed E-state index contributed by atoms with van der Waals surface area (Å²) in [6.45, 7) is 45.6. The molecule has 1 fully saturated rings. The molecule has 0 radical (unpaired) electrons. The Hall–Kier alpha value is -3.92. The number of carbonyl (C=O) groups is 6. The maximum absolute atomic E-state index is 12.7. The number of allylic oxidation sites excluding steroid dienone is 3. The fourth-order valence-electron chi connectivity index (χ4n) is 10.3. The van der Waals surface area contributed by atoms with Gasteiger partial charge in [0, 0.05) is 0 Å². The van der Waals surface area contributed by atoms with Gasteiger partial charge < -0.3 is 44.1 Å². The van der Waals surface area contributed by atoms with E-state index < -0.39 is 41.7 Å². The lowest BCUT2D eigenvalue weighted by Crippen LogP contribution is -2.26. The van der Waals surface area contributed by atoms with Gasteiger partial charge in [-0.1, -0.05) is 148 Å². The number of rotatable bonds is 31. The van der Waals surface area contributed by atoms with Gasteiger partial charge in [-0.15, -0.1) is 0 Å². The van der Waals surface area contributed by atoms with Crippen LogP contribution in [0, 0.1) is 50.2 Å². The Bertz CT molecular complexity index is 1620. The SMILES string of the molecule is C.C=C(CC(CC(=O)O)C(=O)OCCOCCOC(=O)C(CC(=C)CC(C)(C)CC(C)(C)C)CC(=O)O)CC(C)(C)CC(C)(C)C.C=C(CC1CC(=O)OC1=O)CC(C)(C)CC(C)(C)C.OCCOCCO. The number of carboxylic acid groups (broad SMARTS) is 2. The third-order valence-electron chi connectivity index (χ3n) is 10.7. The van der Waals surface area contributed by atoms with E-state index in [0.717, 1.165) is 42.4 Å². The summed E-state index contributed by atoms with van der Waals surface area (Å²) < 4.78 is 25.2. The maximum atomic E-state index is 12.7. The highest BCUT2D eigenvalue weighted by Gasteiger charge is 2.35. The van der Waals surface area contributed by atoms with E-state index in [-0.39, 0.29) is 124 Å². The quantitative estimate of drug-likeness (QED) is 0.0166. The standard InChI is InChI=1S/C36H62O9.C16H26O3.C4H10O3.CH4/c1-25(21-35(9,10)23-33(3,4)5)17-27(19-29(37)38)31(41)44-15-13-43-14-16-45-32(42)28(20-30(39)40)18-26(2)22-36(11,12)24-34(6,7)8;1-11(7-12-8-13(17)19-14(12)18)9-16(5,6)10-15(2,3)4;5-1-3-7-4-2-6;/h27-28H,1-2,13-24H2,3-12H3,(H,37,38)(H,39,40);12H,1,7-10H2,2-6H3;5-6H,1-4H2;1H4. The second-order valence-corrected chi connectivity index (χ2v) is 25.4. The summed E-state index contributed by atoms with van der Waals surface area (Å²) in [5, 5.41) is 34.8. The molecule has 0 aromatic heterocycles. The first kappa shape index (κ1) is 72.3. The van der Waals surface area contributed by atoms with Crippen molar-refractivity contribution in [1.29, 1.82) is 0 Å². The first-order chi connectivity index (χ1) is 32.2. The molecular weight excluding hydrogens is 925 g/mol. The highest BCUT2D eigenvalue weighted by molar-refractivity contribution is 5.94. The lowest BCUT2D eigenvalue weighted by molar-refractivity contribution is -0.156. The highest BCUT2D eigenvalue weighted by atomic mass is 16.6. The number of aliphatic hydroxyl groups is 2. The number of hydrogen-bond donors (Lipinski definition) is 4. The van der Waals surface area contributed by atoms with Crippen molar-refractivity contribution in [3.63, 3.8) is 0 Å². The minimum Gasteiger partial charge on any atom is -0.481 e. The minimum atomic E-state index is -1.09. The Kier molecular flexibility index (Phi) is 34.0. The molecule has 0 saturated carbocycles. The van der Waals surface area contributed by atoms with Crippen LogP contribution >= 0.6 is 0 Å². The summed E-state index contributed by atoms with van der Waals surface area (Å²) in [5.41, 5.74) is 3.23. The van der Waals surface area contributed by atoms with Crippen molar-refractivity contribution < 1.29 is 72.9 Å². The van der Waals surface area contributed by atoms with Gasteiger partial charge in [0.15, 0.2) is 0 Å². The largest absolute Gasteiger partial charge is 0.481 e. The van der Waals surface area contributed by atoms with Crippen LogP contribution in [0.2, 0.25) is 0 Å². The first-order valence-electron chi connectivity index (χ1n) is 25.1. The van der Waals surface area contributed by atoms with Gasteiger partial charge >= 0.3 is 35.8 Å². The Balaban J connectivity index is -0.00000144. The van der Waals surface area contributed by atoms with Crippen molar-refractivity contribution in [3.8, 4) is 0 Å². The maximum Gasteiger partial charge on any atom is 0.317 e. The van der Waals surface area contributed by atoms with Crippen LogP contribution in [0.1, 0.15) is 188 Å². The zero-order valence-electron chi connectivity index (χ0n) is 46.8. The van der Waals surface area contributed by atoms with E-state index in [2.05, 4.69) is 133 Å². The summed E-state index contributed by atoms with van der Waals surface area (Å²) in [6, 6.07) is 0. The third kappa shape index (κ3) is 40.5. The van der Waals surface area contributed by atoms with Crippen molar-refractivity contribution in [3.05, 3.63) is 36.5 Å². The monoisotopic (exact) mass is 1030 g/mol. The highest BCUT2D eigenvalue weighted by Crippen LogP contribution is 2.41. The summed E-state index contributed by atoms with van der Waals surface area (Å²) in [6.07, 6.45) is 5.74. The number of aliphatic carboxylic acids is 2. The molecule has 3 unspecified atom stereocenters. The second kappa shape index (κ2) is 33.8. The molecule has 1 aliphatic heterocycles. The predicted octanol–water partition coefficient (Wildman–Crippen LogP) is 11.4. The van der Waals surface area contributed by atoms with E-state index in [9.17, 15) is 39.0 Å². The van der Waals surface area contributed by atoms with E-state index in [1.54, 1.807) is 0 Å². The normalized spacial score (nSPS) is 15.0. The summed E-state index contributed by atoms with van der Waals surface area (Å²) in [5.74, 6) is -6.22. The number of carboxylic acids is 2. The fourth-order valence-corrected chi connectivity index (χ4v) is 10.3. The van der Waals surface area contributed by atoms with Crippen molar-refractivity contribution >= 4 is 35.8 Å². The molecule has 72 heavy (non-hydrogen) atoms. The van der Waals surface area contributed by atoms with E-state index >= 15 is 0 Å². The van der Waals surface area contributed by atoms with Crippen molar-refractivity contribution in [2.75, 3.05) is 52.9 Å². The lowest BCUT2D eigenvalue weighted by atomic mass is 9.72. The molecule has 0 amide bonds. The van der Waals surface area contributed by atoms with Gasteiger partial charge in [0.05, 0.1) is 76.7 Å². The van der Waals surface area contributed by atoms with Crippen LogP contribution in [0.5, 0.6) is 0 Å². The van der Waals surface area contributed by atoms with E-state index in [0.29, 0.717) is 32.5 Å². The first-order valence-corrected chi connectivity index (χ1v) is 25.1. The van der Waals surface area contributed by atoms with Gasteiger partial charge in [-0.2, -0.15) is 0 Å². The smallest absolute Gasteiger partial charge is 0.317 e. The average molecular weight is 1030 g/mol. The van der Waals surface area contributed by atoms with Gasteiger partial charge in [0.1, 0.15) is 13.2 Å². The van der Waals surface area contributed by atoms with Gasteiger partial charge in [0.2, 0.25) is 0 Å². The van der Waals surface area contributed by atoms with Gasteiger partial charge in [-0.3, -0.25) is 28.8 Å². The summed E-state index contributed by atoms with van der Waals surface area (Å²) in [7, 11) is 0. The lowest BCUT2D eigenvalue weighted by Gasteiger charge is -2.33. The molecule has 1 saturated heterocycles. The number of hydrogen-bond acceptors (Lipinski definition) is 13. The molecule has 0 bridgehead atoms. The minimum absolute atomic E-state index is 0. The van der Waals surface area contributed by atoms with Gasteiger partial charge in [-0.05, 0) is 90.3 Å². The number of esters is 4.